The Balaban J connectivity index is 1.91. The molecule has 0 atom stereocenters. The van der Waals surface area contributed by atoms with Gasteiger partial charge < -0.3 is 4.74 Å². The van der Waals surface area contributed by atoms with Crippen molar-refractivity contribution in [2.45, 2.75) is 32.9 Å². The van der Waals surface area contributed by atoms with Crippen LogP contribution < -0.4 is 10.4 Å². The van der Waals surface area contributed by atoms with Crippen LogP contribution in [0.25, 0.3) is 10.1 Å². The topological polar surface area (TPSA) is 65.4 Å². The molecule has 0 N–H and O–H groups in total. The highest BCUT2D eigenvalue weighted by Gasteiger charge is 2.17. The number of fused-ring (bicyclic) bond motifs is 1. The first-order chi connectivity index (χ1) is 12.6. The van der Waals surface area contributed by atoms with E-state index in [9.17, 15) is 14.4 Å². The Bertz CT molecular complexity index is 1120. The molecule has 3 aromatic rings. The van der Waals surface area contributed by atoms with Gasteiger partial charge in [0.05, 0.1) is 17.5 Å². The van der Waals surface area contributed by atoms with Crippen molar-refractivity contribution in [3.8, 4) is 0 Å². The van der Waals surface area contributed by atoms with Crippen LogP contribution in [0.2, 0.25) is 0 Å². The molecule has 0 fully saturated rings. The van der Waals surface area contributed by atoms with E-state index >= 15 is 0 Å². The number of hydrogen-bond donors (Lipinski definition) is 0. The Morgan fingerprint density at radius 2 is 1.78 bits per heavy atom. The minimum absolute atomic E-state index is 0.144. The van der Waals surface area contributed by atoms with Gasteiger partial charge >= 0.3 is 10.8 Å². The Kier molecular flexibility index (Phi) is 5.35. The molecule has 1 heterocycles. The molecule has 7 heteroatoms. The van der Waals surface area contributed by atoms with Crippen molar-refractivity contribution in [3.63, 3.8) is 0 Å². The summed E-state index contributed by atoms with van der Waals surface area (Å²) >= 11 is 4.39. The summed E-state index contributed by atoms with van der Waals surface area (Å²) in [6.07, 6.45) is 0. The summed E-state index contributed by atoms with van der Waals surface area (Å²) in [6.45, 7) is 5.56. The second-order valence-corrected chi connectivity index (χ2v) is 9.01. The molecular formula is C20H18BrNO4S. The SMILES string of the molecule is CC(C)(C)OC(=O)c1ccc(Cn2c(=O)sc3ccc(Br)cc3c2=O)cc1. The van der Waals surface area contributed by atoms with Crippen molar-refractivity contribution >= 4 is 43.3 Å². The van der Waals surface area contributed by atoms with Gasteiger partial charge in [0.15, 0.2) is 0 Å². The van der Waals surface area contributed by atoms with E-state index in [-0.39, 0.29) is 17.0 Å². The highest BCUT2D eigenvalue weighted by Crippen LogP contribution is 2.18. The van der Waals surface area contributed by atoms with Crippen molar-refractivity contribution in [3.05, 3.63) is 78.1 Å². The molecule has 140 valence electrons. The summed E-state index contributed by atoms with van der Waals surface area (Å²) in [4.78, 5) is 36.9. The second kappa shape index (κ2) is 7.40. The molecule has 0 saturated heterocycles. The van der Waals surface area contributed by atoms with E-state index in [2.05, 4.69) is 15.9 Å². The maximum atomic E-state index is 12.7. The molecule has 0 unspecified atom stereocenters. The number of ether oxygens (including phenoxy) is 1. The average molecular weight is 448 g/mol. The van der Waals surface area contributed by atoms with Gasteiger partial charge in [0.25, 0.3) is 5.56 Å². The lowest BCUT2D eigenvalue weighted by atomic mass is 10.1. The van der Waals surface area contributed by atoms with Gasteiger partial charge in [0.1, 0.15) is 5.60 Å². The third-order valence-corrected chi connectivity index (χ3v) is 5.23. The van der Waals surface area contributed by atoms with Crippen molar-refractivity contribution in [1.29, 1.82) is 0 Å². The van der Waals surface area contributed by atoms with Gasteiger partial charge in [0, 0.05) is 9.17 Å². The Morgan fingerprint density at radius 1 is 1.11 bits per heavy atom. The molecule has 0 spiro atoms. The molecule has 0 aliphatic carbocycles. The fourth-order valence-electron chi connectivity index (χ4n) is 2.54. The van der Waals surface area contributed by atoms with Crippen LogP contribution in [-0.2, 0) is 11.3 Å². The van der Waals surface area contributed by atoms with Gasteiger partial charge in [-0.05, 0) is 56.7 Å². The van der Waals surface area contributed by atoms with Gasteiger partial charge in [-0.15, -0.1) is 0 Å². The predicted molar refractivity (Wildman–Crippen MR) is 111 cm³/mol. The molecule has 2 aromatic carbocycles. The van der Waals surface area contributed by atoms with Crippen LogP contribution in [0.15, 0.2) is 56.5 Å². The smallest absolute Gasteiger partial charge is 0.338 e. The molecule has 27 heavy (non-hydrogen) atoms. The molecule has 1 aromatic heterocycles. The first-order valence-electron chi connectivity index (χ1n) is 8.29. The highest BCUT2D eigenvalue weighted by molar-refractivity contribution is 9.10. The van der Waals surface area contributed by atoms with E-state index in [0.29, 0.717) is 15.6 Å². The van der Waals surface area contributed by atoms with E-state index < -0.39 is 11.6 Å². The third kappa shape index (κ3) is 4.54. The summed E-state index contributed by atoms with van der Waals surface area (Å²) in [7, 11) is 0. The number of carbonyl (C=O) groups is 1. The normalized spacial score (nSPS) is 11.6. The molecule has 5 nitrogen and oxygen atoms in total. The summed E-state index contributed by atoms with van der Waals surface area (Å²) in [6, 6.07) is 12.0. The van der Waals surface area contributed by atoms with Gasteiger partial charge in [-0.25, -0.2) is 4.79 Å². The lowest BCUT2D eigenvalue weighted by Crippen LogP contribution is -2.31. The third-order valence-electron chi connectivity index (χ3n) is 3.76. The number of rotatable bonds is 3. The molecule has 0 aliphatic rings. The summed E-state index contributed by atoms with van der Waals surface area (Å²) in [5.41, 5.74) is 0.282. The second-order valence-electron chi connectivity index (χ2n) is 7.10. The molecule has 0 amide bonds. The monoisotopic (exact) mass is 447 g/mol. The maximum Gasteiger partial charge on any atom is 0.338 e. The fraction of sp³-hybridized carbons (Fsp3) is 0.250. The van der Waals surface area contributed by atoms with E-state index in [1.165, 1.54) is 4.57 Å². The quantitative estimate of drug-likeness (QED) is 0.564. The number of benzene rings is 2. The molecule has 0 radical (unpaired) electrons. The molecule has 3 rings (SSSR count). The molecule has 0 saturated carbocycles. The first-order valence-corrected chi connectivity index (χ1v) is 9.90. The van der Waals surface area contributed by atoms with Crippen molar-refractivity contribution in [2.75, 3.05) is 0 Å². The molecular weight excluding hydrogens is 430 g/mol. The minimum atomic E-state index is -0.568. The largest absolute Gasteiger partial charge is 0.456 e. The van der Waals surface area contributed by atoms with Crippen molar-refractivity contribution in [1.82, 2.24) is 4.57 Å². The van der Waals surface area contributed by atoms with Crippen LogP contribution in [0.3, 0.4) is 0 Å². The summed E-state index contributed by atoms with van der Waals surface area (Å²) < 4.78 is 7.98. The minimum Gasteiger partial charge on any atom is -0.456 e. The zero-order valence-electron chi connectivity index (χ0n) is 15.1. The summed E-state index contributed by atoms with van der Waals surface area (Å²) in [5.74, 6) is -0.409. The van der Waals surface area contributed by atoms with E-state index in [1.807, 2.05) is 0 Å². The lowest BCUT2D eigenvalue weighted by Gasteiger charge is -2.19. The average Bonchev–Trinajstić information content (AvgIpc) is 2.58. The zero-order chi connectivity index (χ0) is 19.8. The number of esters is 1. The Labute approximate surface area is 168 Å². The van der Waals surface area contributed by atoms with Crippen molar-refractivity contribution < 1.29 is 9.53 Å². The van der Waals surface area contributed by atoms with Crippen LogP contribution in [0.4, 0.5) is 0 Å². The van der Waals surface area contributed by atoms with Gasteiger partial charge in [-0.3, -0.25) is 14.2 Å². The van der Waals surface area contributed by atoms with E-state index in [0.717, 1.165) is 21.4 Å². The van der Waals surface area contributed by atoms with Crippen LogP contribution in [-0.4, -0.2) is 16.1 Å². The van der Waals surface area contributed by atoms with Gasteiger partial charge in [-0.1, -0.05) is 39.4 Å². The van der Waals surface area contributed by atoms with Crippen LogP contribution >= 0.6 is 27.3 Å². The Morgan fingerprint density at radius 3 is 2.41 bits per heavy atom. The summed E-state index contributed by atoms with van der Waals surface area (Å²) in [5, 5.41) is 0.499. The maximum absolute atomic E-state index is 12.7. The first kappa shape index (κ1) is 19.5. The van der Waals surface area contributed by atoms with Gasteiger partial charge in [-0.2, -0.15) is 0 Å². The van der Waals surface area contributed by atoms with E-state index in [4.69, 9.17) is 4.74 Å². The number of aromatic nitrogens is 1. The van der Waals surface area contributed by atoms with Crippen LogP contribution in [0, 0.1) is 0 Å². The predicted octanol–water partition coefficient (Wildman–Crippen LogP) is 4.19. The number of nitrogens with zero attached hydrogens (tertiary/aromatic N) is 1. The number of halogens is 1. The number of hydrogen-bond acceptors (Lipinski definition) is 5. The fourth-order valence-corrected chi connectivity index (χ4v) is 3.74. The lowest BCUT2D eigenvalue weighted by molar-refractivity contribution is 0.00695. The van der Waals surface area contributed by atoms with Crippen LogP contribution in [0.1, 0.15) is 36.7 Å². The van der Waals surface area contributed by atoms with Crippen LogP contribution in [0.5, 0.6) is 0 Å². The Hall–Kier alpha value is -2.25. The number of carbonyl (C=O) groups excluding carboxylic acids is 1. The zero-order valence-corrected chi connectivity index (χ0v) is 17.5. The highest BCUT2D eigenvalue weighted by atomic mass is 79.9. The standard InChI is InChI=1S/C20H18BrNO4S/c1-20(2,3)26-18(24)13-6-4-12(5-7-13)11-22-17(23)15-10-14(21)8-9-16(15)27-19(22)25/h4-10H,11H2,1-3H3. The molecule has 0 bridgehead atoms. The van der Waals surface area contributed by atoms with Gasteiger partial charge in [0.2, 0.25) is 0 Å². The molecule has 0 aliphatic heterocycles. The van der Waals surface area contributed by atoms with E-state index in [1.54, 1.807) is 63.2 Å². The van der Waals surface area contributed by atoms with Crippen molar-refractivity contribution in [2.24, 2.45) is 0 Å².